The average molecular weight is 193 g/mol. The Balaban J connectivity index is 0. The van der Waals surface area contributed by atoms with Crippen molar-refractivity contribution in [2.75, 3.05) is 0 Å². The van der Waals surface area contributed by atoms with E-state index < -0.39 is 14.1 Å². The molecule has 1 atom stereocenters. The third-order valence-corrected chi connectivity index (χ3v) is 1.39. The zero-order valence-corrected chi connectivity index (χ0v) is 6.62. The molecule has 0 radical (unpaired) electrons. The quantitative estimate of drug-likeness (QED) is 0.319. The van der Waals surface area contributed by atoms with Gasteiger partial charge in [-0.2, -0.15) is 0 Å². The molecule has 0 saturated heterocycles. The van der Waals surface area contributed by atoms with E-state index in [2.05, 4.69) is 4.52 Å². The number of phosphoric acid groups is 1. The van der Waals surface area contributed by atoms with E-state index in [1.165, 1.54) is 0 Å². The number of hydrogen-bond donors (Lipinski definition) is 3. The van der Waals surface area contributed by atoms with Gasteiger partial charge in [0.15, 0.2) is 0 Å². The molecule has 64 valence electrons. The summed E-state index contributed by atoms with van der Waals surface area (Å²) in [6.07, 6.45) is 0.331. The molecule has 0 aliphatic rings. The van der Waals surface area contributed by atoms with Crippen LogP contribution < -0.4 is 5.73 Å². The summed E-state index contributed by atoms with van der Waals surface area (Å²) in [4.78, 5) is 16.4. The van der Waals surface area contributed by atoms with E-state index >= 15 is 0 Å². The van der Waals surface area contributed by atoms with Crippen LogP contribution in [0.3, 0.4) is 0 Å². The van der Waals surface area contributed by atoms with Crippen molar-refractivity contribution in [3.8, 4) is 0 Å². The number of phosphoric ester groups is 1. The SMILES string of the molecule is CCCC(N)OP(=O)(O)O.[NaH]. The summed E-state index contributed by atoms with van der Waals surface area (Å²) in [6, 6.07) is 0. The van der Waals surface area contributed by atoms with Gasteiger partial charge in [-0.15, -0.1) is 0 Å². The fourth-order valence-corrected chi connectivity index (χ4v) is 0.972. The maximum absolute atomic E-state index is 10.1. The number of nitrogens with two attached hydrogens (primary N) is 1. The van der Waals surface area contributed by atoms with Crippen molar-refractivity contribution in [2.24, 2.45) is 5.73 Å². The Morgan fingerprint density at radius 3 is 2.36 bits per heavy atom. The van der Waals surface area contributed by atoms with Crippen molar-refractivity contribution >= 4 is 37.4 Å². The molecular formula is C4H13NNaO4P. The zero-order valence-electron chi connectivity index (χ0n) is 5.73. The van der Waals surface area contributed by atoms with Crippen LogP contribution in [0.5, 0.6) is 0 Å². The van der Waals surface area contributed by atoms with Crippen LogP contribution in [0.2, 0.25) is 0 Å². The molecule has 1 unspecified atom stereocenters. The molecule has 0 aromatic rings. The van der Waals surface area contributed by atoms with Crippen LogP contribution >= 0.6 is 7.82 Å². The first kappa shape index (κ1) is 14.6. The Hall–Kier alpha value is 1.07. The summed E-state index contributed by atoms with van der Waals surface area (Å²) in [5.41, 5.74) is 5.16. The fraction of sp³-hybridized carbons (Fsp3) is 1.00. The third-order valence-electron chi connectivity index (χ3n) is 0.846. The van der Waals surface area contributed by atoms with Gasteiger partial charge in [0, 0.05) is 0 Å². The molecular weight excluding hydrogens is 180 g/mol. The van der Waals surface area contributed by atoms with E-state index in [1.807, 2.05) is 6.92 Å². The van der Waals surface area contributed by atoms with Gasteiger partial charge >= 0.3 is 37.4 Å². The topological polar surface area (TPSA) is 92.8 Å². The van der Waals surface area contributed by atoms with Crippen LogP contribution in [-0.2, 0) is 9.09 Å². The second-order valence-corrected chi connectivity index (χ2v) is 3.12. The first-order chi connectivity index (χ1) is 4.45. The van der Waals surface area contributed by atoms with Gasteiger partial charge in [0.05, 0.1) is 0 Å². The summed E-state index contributed by atoms with van der Waals surface area (Å²) in [5, 5.41) is 0. The van der Waals surface area contributed by atoms with Gasteiger partial charge in [-0.05, 0) is 6.42 Å². The molecule has 7 heteroatoms. The normalized spacial score (nSPS) is 13.8. The Morgan fingerprint density at radius 1 is 1.64 bits per heavy atom. The molecule has 0 amide bonds. The minimum absolute atomic E-state index is 0. The Labute approximate surface area is 87.8 Å². The van der Waals surface area contributed by atoms with Gasteiger partial charge in [0.2, 0.25) is 0 Å². The summed E-state index contributed by atoms with van der Waals surface area (Å²) in [7, 11) is -4.38. The molecule has 0 bridgehead atoms. The predicted molar refractivity (Wildman–Crippen MR) is 43.2 cm³/mol. The molecule has 0 aliphatic heterocycles. The molecule has 0 rings (SSSR count). The van der Waals surface area contributed by atoms with Gasteiger partial charge in [0.25, 0.3) is 0 Å². The van der Waals surface area contributed by atoms with E-state index in [-0.39, 0.29) is 29.6 Å². The summed E-state index contributed by atoms with van der Waals surface area (Å²) in [5.74, 6) is 0. The second kappa shape index (κ2) is 6.57. The fourth-order valence-electron chi connectivity index (χ4n) is 0.514. The number of hydrogen-bond acceptors (Lipinski definition) is 3. The molecule has 0 aromatic carbocycles. The van der Waals surface area contributed by atoms with Crippen LogP contribution in [0.4, 0.5) is 0 Å². The predicted octanol–water partition coefficient (Wildman–Crippen LogP) is -0.468. The van der Waals surface area contributed by atoms with E-state index in [1.54, 1.807) is 0 Å². The minimum atomic E-state index is -4.38. The Morgan fingerprint density at radius 2 is 2.09 bits per heavy atom. The monoisotopic (exact) mass is 193 g/mol. The maximum atomic E-state index is 10.1. The van der Waals surface area contributed by atoms with E-state index in [0.29, 0.717) is 6.42 Å². The molecule has 0 spiro atoms. The molecule has 0 aliphatic carbocycles. The van der Waals surface area contributed by atoms with Gasteiger partial charge in [-0.25, -0.2) is 4.57 Å². The van der Waals surface area contributed by atoms with E-state index in [9.17, 15) is 4.57 Å². The van der Waals surface area contributed by atoms with Crippen LogP contribution in [0, 0.1) is 0 Å². The van der Waals surface area contributed by atoms with Crippen LogP contribution in [0.15, 0.2) is 0 Å². The van der Waals surface area contributed by atoms with Crippen molar-refractivity contribution < 1.29 is 18.9 Å². The third kappa shape index (κ3) is 11.1. The first-order valence-corrected chi connectivity index (χ1v) is 4.48. The van der Waals surface area contributed by atoms with Crippen molar-refractivity contribution in [3.05, 3.63) is 0 Å². The molecule has 5 nitrogen and oxygen atoms in total. The molecule has 11 heavy (non-hydrogen) atoms. The molecule has 0 heterocycles. The molecule has 4 N–H and O–H groups in total. The van der Waals surface area contributed by atoms with Crippen molar-refractivity contribution in [1.82, 2.24) is 0 Å². The van der Waals surface area contributed by atoms with Crippen LogP contribution in [0.25, 0.3) is 0 Å². The average Bonchev–Trinajstić information content (AvgIpc) is 1.59. The summed E-state index contributed by atoms with van der Waals surface area (Å²) < 4.78 is 14.2. The Bertz CT molecular complexity index is 138. The number of rotatable bonds is 4. The van der Waals surface area contributed by atoms with Gasteiger partial charge in [0.1, 0.15) is 6.23 Å². The van der Waals surface area contributed by atoms with Gasteiger partial charge < -0.3 is 15.5 Å². The first-order valence-electron chi connectivity index (χ1n) is 2.95. The summed E-state index contributed by atoms with van der Waals surface area (Å²) >= 11 is 0. The van der Waals surface area contributed by atoms with Gasteiger partial charge in [-0.3, -0.25) is 4.52 Å². The Kier molecular flexibility index (Phi) is 8.71. The van der Waals surface area contributed by atoms with Crippen molar-refractivity contribution in [3.63, 3.8) is 0 Å². The van der Waals surface area contributed by atoms with E-state index in [4.69, 9.17) is 15.5 Å². The molecule has 0 saturated carbocycles. The van der Waals surface area contributed by atoms with E-state index in [0.717, 1.165) is 6.42 Å². The standard InChI is InChI=1S/C4H12NO4P.Na.H/c1-2-3-4(5)9-10(6,7)8;;/h4H,2-3,5H2,1H3,(H2,6,7,8);;. The molecule has 0 fully saturated rings. The van der Waals surface area contributed by atoms with Gasteiger partial charge in [-0.1, -0.05) is 13.3 Å². The summed E-state index contributed by atoms with van der Waals surface area (Å²) in [6.45, 7) is 1.85. The zero-order chi connectivity index (χ0) is 8.20. The van der Waals surface area contributed by atoms with Crippen LogP contribution in [0.1, 0.15) is 19.8 Å². The van der Waals surface area contributed by atoms with Crippen molar-refractivity contribution in [1.29, 1.82) is 0 Å². The van der Waals surface area contributed by atoms with Crippen LogP contribution in [-0.4, -0.2) is 45.6 Å². The van der Waals surface area contributed by atoms with Crippen molar-refractivity contribution in [2.45, 2.75) is 26.0 Å². The molecule has 0 aromatic heterocycles. The second-order valence-electron chi connectivity index (χ2n) is 1.92.